The Bertz CT molecular complexity index is 495. The summed E-state index contributed by atoms with van der Waals surface area (Å²) in [6.07, 6.45) is 1.15. The van der Waals surface area contributed by atoms with E-state index in [0.29, 0.717) is 18.4 Å². The Kier molecular flexibility index (Phi) is 5.21. The van der Waals surface area contributed by atoms with Crippen molar-refractivity contribution in [1.29, 1.82) is 5.26 Å². The van der Waals surface area contributed by atoms with Gasteiger partial charge in [-0.15, -0.1) is 0 Å². The van der Waals surface area contributed by atoms with Crippen LogP contribution in [0.25, 0.3) is 0 Å². The van der Waals surface area contributed by atoms with Crippen LogP contribution in [0.15, 0.2) is 12.3 Å². The number of hydrogen-bond acceptors (Lipinski definition) is 6. The highest BCUT2D eigenvalue weighted by Crippen LogP contribution is 2.17. The van der Waals surface area contributed by atoms with Gasteiger partial charge in [-0.05, 0) is 20.9 Å². The molecule has 19 heavy (non-hydrogen) atoms. The van der Waals surface area contributed by atoms with E-state index >= 15 is 0 Å². The summed E-state index contributed by atoms with van der Waals surface area (Å²) < 4.78 is 0. The first-order valence-corrected chi connectivity index (χ1v) is 5.94. The molecule has 0 fully saturated rings. The summed E-state index contributed by atoms with van der Waals surface area (Å²) in [5, 5.41) is 22.6. The quantitative estimate of drug-likeness (QED) is 0.619. The van der Waals surface area contributed by atoms with Crippen molar-refractivity contribution in [2.24, 2.45) is 0 Å². The van der Waals surface area contributed by atoms with Gasteiger partial charge in [0.25, 0.3) is 5.69 Å². The second-order valence-corrected chi connectivity index (χ2v) is 4.46. The molecule has 0 aliphatic carbocycles. The molecule has 0 bridgehead atoms. The lowest BCUT2D eigenvalue weighted by atomic mass is 10.2. The summed E-state index contributed by atoms with van der Waals surface area (Å²) >= 11 is 0. The number of rotatable bonds is 6. The lowest BCUT2D eigenvalue weighted by Gasteiger charge is -2.21. The Labute approximate surface area is 112 Å². The molecule has 0 aliphatic rings. The van der Waals surface area contributed by atoms with E-state index in [1.54, 1.807) is 0 Å². The van der Waals surface area contributed by atoms with Crippen LogP contribution in [-0.4, -0.2) is 41.0 Å². The van der Waals surface area contributed by atoms with Crippen molar-refractivity contribution in [3.63, 3.8) is 0 Å². The highest BCUT2D eigenvalue weighted by atomic mass is 16.6. The van der Waals surface area contributed by atoms with Crippen molar-refractivity contribution in [1.82, 2.24) is 9.88 Å². The van der Waals surface area contributed by atoms with Crippen LogP contribution < -0.4 is 5.32 Å². The van der Waals surface area contributed by atoms with E-state index in [-0.39, 0.29) is 11.3 Å². The third-order valence-corrected chi connectivity index (χ3v) is 2.84. The summed E-state index contributed by atoms with van der Waals surface area (Å²) in [5.41, 5.74) is 0.00259. The molecule has 1 aromatic heterocycles. The van der Waals surface area contributed by atoms with Gasteiger partial charge in [-0.1, -0.05) is 0 Å². The number of pyridine rings is 1. The first kappa shape index (κ1) is 14.9. The number of anilines is 1. The topological polar surface area (TPSA) is 95.1 Å². The first-order chi connectivity index (χ1) is 8.95. The number of nitrogens with one attached hydrogen (secondary N) is 1. The van der Waals surface area contributed by atoms with E-state index in [9.17, 15) is 10.1 Å². The van der Waals surface area contributed by atoms with Crippen LogP contribution in [0.3, 0.4) is 0 Å². The first-order valence-electron chi connectivity index (χ1n) is 5.94. The van der Waals surface area contributed by atoms with E-state index in [0.717, 1.165) is 12.7 Å². The van der Waals surface area contributed by atoms with Gasteiger partial charge in [0.05, 0.1) is 4.92 Å². The Morgan fingerprint density at radius 2 is 2.32 bits per heavy atom. The fourth-order valence-electron chi connectivity index (χ4n) is 1.39. The summed E-state index contributed by atoms with van der Waals surface area (Å²) in [7, 11) is 2.00. The molecule has 0 spiro atoms. The third-order valence-electron chi connectivity index (χ3n) is 2.84. The Hall–Kier alpha value is -2.20. The van der Waals surface area contributed by atoms with Gasteiger partial charge < -0.3 is 10.2 Å². The van der Waals surface area contributed by atoms with Gasteiger partial charge in [-0.25, -0.2) is 4.98 Å². The molecule has 0 saturated carbocycles. The van der Waals surface area contributed by atoms with Crippen LogP contribution in [0.1, 0.15) is 19.4 Å². The van der Waals surface area contributed by atoms with Crippen molar-refractivity contribution in [3.05, 3.63) is 27.9 Å². The second-order valence-electron chi connectivity index (χ2n) is 4.46. The number of hydrogen-bond donors (Lipinski definition) is 1. The Balaban J connectivity index is 2.69. The smallest absolute Gasteiger partial charge is 0.289 e. The summed E-state index contributed by atoms with van der Waals surface area (Å²) in [6, 6.07) is 3.56. The molecule has 1 aromatic rings. The van der Waals surface area contributed by atoms with Crippen LogP contribution in [0.4, 0.5) is 11.5 Å². The summed E-state index contributed by atoms with van der Waals surface area (Å²) in [4.78, 5) is 16.1. The molecule has 7 nitrogen and oxygen atoms in total. The molecule has 7 heteroatoms. The van der Waals surface area contributed by atoms with Crippen LogP contribution in [0, 0.1) is 21.4 Å². The molecular weight excluding hydrogens is 246 g/mol. The van der Waals surface area contributed by atoms with Gasteiger partial charge in [0.1, 0.15) is 23.6 Å². The van der Waals surface area contributed by atoms with Gasteiger partial charge in [0.15, 0.2) is 0 Å². The molecule has 0 atom stereocenters. The average molecular weight is 263 g/mol. The summed E-state index contributed by atoms with van der Waals surface area (Å²) in [5.74, 6) is 0.380. The molecule has 1 rings (SSSR count). The minimum atomic E-state index is -0.565. The fourth-order valence-corrected chi connectivity index (χ4v) is 1.39. The van der Waals surface area contributed by atoms with E-state index in [1.165, 1.54) is 6.07 Å². The number of likely N-dealkylation sites (N-methyl/N-ethyl adjacent to an activating group) is 1. The molecule has 102 valence electrons. The number of nitrogens with zero attached hydrogens (tertiary/aromatic N) is 4. The standard InChI is InChI=1S/C12H17N5O2/c1-9(2)16(3)5-4-14-12-10(7-13)6-11(8-15-12)17(18)19/h6,8-9H,4-5H2,1-3H3,(H,14,15). The molecule has 0 unspecified atom stereocenters. The molecule has 0 saturated heterocycles. The Morgan fingerprint density at radius 1 is 1.63 bits per heavy atom. The van der Waals surface area contributed by atoms with Crippen molar-refractivity contribution in [2.75, 3.05) is 25.5 Å². The lowest BCUT2D eigenvalue weighted by molar-refractivity contribution is -0.385. The highest BCUT2D eigenvalue weighted by molar-refractivity contribution is 5.55. The van der Waals surface area contributed by atoms with Crippen molar-refractivity contribution in [2.45, 2.75) is 19.9 Å². The molecule has 1 N–H and O–H groups in total. The second kappa shape index (κ2) is 6.66. The molecule has 0 radical (unpaired) electrons. The number of aromatic nitrogens is 1. The van der Waals surface area contributed by atoms with Crippen molar-refractivity contribution < 1.29 is 4.92 Å². The van der Waals surface area contributed by atoms with Crippen LogP contribution in [0.2, 0.25) is 0 Å². The minimum Gasteiger partial charge on any atom is -0.368 e. The predicted molar refractivity (Wildman–Crippen MR) is 71.9 cm³/mol. The van der Waals surface area contributed by atoms with E-state index in [4.69, 9.17) is 5.26 Å². The zero-order chi connectivity index (χ0) is 14.4. The van der Waals surface area contributed by atoms with Crippen LogP contribution in [0.5, 0.6) is 0 Å². The highest BCUT2D eigenvalue weighted by Gasteiger charge is 2.12. The van der Waals surface area contributed by atoms with Gasteiger partial charge >= 0.3 is 0 Å². The zero-order valence-corrected chi connectivity index (χ0v) is 11.3. The van der Waals surface area contributed by atoms with Crippen LogP contribution >= 0.6 is 0 Å². The van der Waals surface area contributed by atoms with Gasteiger partial charge in [-0.3, -0.25) is 10.1 Å². The van der Waals surface area contributed by atoms with E-state index in [2.05, 4.69) is 29.0 Å². The summed E-state index contributed by atoms with van der Waals surface area (Å²) in [6.45, 7) is 5.59. The van der Waals surface area contributed by atoms with E-state index < -0.39 is 4.92 Å². The predicted octanol–water partition coefficient (Wildman–Crippen LogP) is 1.61. The monoisotopic (exact) mass is 263 g/mol. The molecular formula is C12H17N5O2. The molecule has 0 aromatic carbocycles. The largest absolute Gasteiger partial charge is 0.368 e. The molecule has 0 aliphatic heterocycles. The zero-order valence-electron chi connectivity index (χ0n) is 11.3. The fraction of sp³-hybridized carbons (Fsp3) is 0.500. The minimum absolute atomic E-state index is 0.179. The molecule has 0 amide bonds. The van der Waals surface area contributed by atoms with E-state index in [1.807, 2.05) is 13.1 Å². The lowest BCUT2D eigenvalue weighted by Crippen LogP contribution is -2.31. The third kappa shape index (κ3) is 4.19. The maximum absolute atomic E-state index is 10.6. The van der Waals surface area contributed by atoms with Crippen LogP contribution in [-0.2, 0) is 0 Å². The Morgan fingerprint density at radius 3 is 2.84 bits per heavy atom. The van der Waals surface area contributed by atoms with Crippen molar-refractivity contribution in [3.8, 4) is 6.07 Å². The average Bonchev–Trinajstić information content (AvgIpc) is 2.38. The maximum atomic E-state index is 10.6. The van der Waals surface area contributed by atoms with Crippen molar-refractivity contribution >= 4 is 11.5 Å². The maximum Gasteiger partial charge on any atom is 0.289 e. The van der Waals surface area contributed by atoms with Gasteiger partial charge in [0, 0.05) is 25.2 Å². The molecule has 1 heterocycles. The van der Waals surface area contributed by atoms with Gasteiger partial charge in [0.2, 0.25) is 0 Å². The van der Waals surface area contributed by atoms with Gasteiger partial charge in [-0.2, -0.15) is 5.26 Å². The SMILES string of the molecule is CC(C)N(C)CCNc1ncc([N+](=O)[O-])cc1C#N. The normalized spacial score (nSPS) is 10.5. The number of nitriles is 1. The number of nitro groups is 1.